The van der Waals surface area contributed by atoms with Crippen molar-refractivity contribution < 1.29 is 14.4 Å². The Morgan fingerprint density at radius 1 is 1.05 bits per heavy atom. The average Bonchev–Trinajstić information content (AvgIpc) is 2.62. The lowest BCUT2D eigenvalue weighted by atomic mass is 9.82. The number of nitrogens with one attached hydrogen (secondary N) is 1. The van der Waals surface area contributed by atoms with Crippen LogP contribution in [0.1, 0.15) is 48.2 Å². The highest BCUT2D eigenvalue weighted by atomic mass is 16.2. The fourth-order valence-corrected chi connectivity index (χ4v) is 2.98. The average molecular weight is 283 g/mol. The van der Waals surface area contributed by atoms with Gasteiger partial charge < -0.3 is 5.32 Å². The molecule has 1 aliphatic heterocycles. The zero-order chi connectivity index (χ0) is 15.1. The van der Waals surface area contributed by atoms with E-state index < -0.39 is 11.6 Å². The second-order valence-corrected chi connectivity index (χ2v) is 5.87. The van der Waals surface area contributed by atoms with E-state index in [-0.39, 0.29) is 11.8 Å². The topological polar surface area (TPSA) is 63.2 Å². The Morgan fingerprint density at radius 2 is 1.81 bits per heavy atom. The minimum atomic E-state index is -0.441. The largest absolute Gasteiger partial charge is 0.326 e. The van der Waals surface area contributed by atoms with E-state index in [0.717, 1.165) is 11.1 Å². The van der Waals surface area contributed by atoms with Crippen LogP contribution in [-0.4, -0.2) is 17.5 Å². The number of benzene rings is 1. The van der Waals surface area contributed by atoms with Gasteiger partial charge in [-0.1, -0.05) is 19.9 Å². The van der Waals surface area contributed by atoms with Crippen molar-refractivity contribution in [2.24, 2.45) is 5.92 Å². The molecule has 0 aromatic heterocycles. The number of amides is 1. The van der Waals surface area contributed by atoms with Crippen molar-refractivity contribution in [3.63, 3.8) is 0 Å². The van der Waals surface area contributed by atoms with Gasteiger partial charge in [0.1, 0.15) is 0 Å². The first-order valence-corrected chi connectivity index (χ1v) is 7.25. The van der Waals surface area contributed by atoms with Gasteiger partial charge in [0.25, 0.3) is 0 Å². The molecule has 1 amide bonds. The molecular formula is C17H17NO3. The molecule has 3 rings (SSSR count). The smallest absolute Gasteiger partial charge is 0.234 e. The third-order valence-corrected chi connectivity index (χ3v) is 4.08. The zero-order valence-electron chi connectivity index (χ0n) is 12.2. The summed E-state index contributed by atoms with van der Waals surface area (Å²) in [7, 11) is 0. The van der Waals surface area contributed by atoms with Crippen molar-refractivity contribution in [2.45, 2.75) is 33.1 Å². The molecule has 108 valence electrons. The minimum absolute atomic E-state index is 0.0214. The third-order valence-electron chi connectivity index (χ3n) is 4.08. The van der Waals surface area contributed by atoms with Gasteiger partial charge in [-0.2, -0.15) is 0 Å². The quantitative estimate of drug-likeness (QED) is 0.806. The van der Waals surface area contributed by atoms with Gasteiger partial charge in [-0.15, -0.1) is 0 Å². The van der Waals surface area contributed by atoms with Crippen LogP contribution in [0.4, 0.5) is 5.69 Å². The van der Waals surface area contributed by atoms with Crippen LogP contribution in [-0.2, 0) is 16.0 Å². The molecule has 4 heteroatoms. The number of fused-ring (bicyclic) bond motifs is 3. The van der Waals surface area contributed by atoms with Crippen LogP contribution >= 0.6 is 0 Å². The number of rotatable bonds is 1. The van der Waals surface area contributed by atoms with Crippen molar-refractivity contribution >= 4 is 29.2 Å². The van der Waals surface area contributed by atoms with E-state index in [9.17, 15) is 14.4 Å². The van der Waals surface area contributed by atoms with Crippen LogP contribution in [0.25, 0.3) is 6.08 Å². The molecule has 0 fully saturated rings. The normalized spacial score (nSPS) is 17.9. The predicted molar refractivity (Wildman–Crippen MR) is 80.2 cm³/mol. The Balaban J connectivity index is 2.20. The van der Waals surface area contributed by atoms with Crippen LogP contribution in [0, 0.1) is 5.92 Å². The summed E-state index contributed by atoms with van der Waals surface area (Å²) < 4.78 is 0. The molecule has 1 aromatic rings. The number of anilines is 1. The van der Waals surface area contributed by atoms with E-state index in [4.69, 9.17) is 0 Å². The molecule has 21 heavy (non-hydrogen) atoms. The van der Waals surface area contributed by atoms with Crippen LogP contribution in [0.2, 0.25) is 0 Å². The first kappa shape index (κ1) is 13.7. The van der Waals surface area contributed by atoms with Gasteiger partial charge in [0.05, 0.1) is 0 Å². The van der Waals surface area contributed by atoms with E-state index >= 15 is 0 Å². The van der Waals surface area contributed by atoms with Gasteiger partial charge in [0.2, 0.25) is 17.5 Å². The van der Waals surface area contributed by atoms with Crippen molar-refractivity contribution in [3.8, 4) is 0 Å². The van der Waals surface area contributed by atoms with Crippen molar-refractivity contribution in [1.29, 1.82) is 0 Å². The molecule has 0 unspecified atom stereocenters. The van der Waals surface area contributed by atoms with Crippen molar-refractivity contribution in [1.82, 2.24) is 0 Å². The van der Waals surface area contributed by atoms with Gasteiger partial charge in [-0.3, -0.25) is 14.4 Å². The number of Topliss-reactive ketones (excluding diaryl/α,β-unsaturated/α-hetero) is 2. The molecule has 0 bridgehead atoms. The fourth-order valence-electron chi connectivity index (χ4n) is 2.98. The minimum Gasteiger partial charge on any atom is -0.326 e. The SMILES string of the molecule is CC(C)C1=Cc2ccc3c(c2C(=O)C1=O)CCCC(=O)N3. The number of carbonyl (C=O) groups excluding carboxylic acids is 3. The number of hydrogen-bond acceptors (Lipinski definition) is 3. The lowest BCUT2D eigenvalue weighted by molar-refractivity contribution is -0.116. The molecule has 4 nitrogen and oxygen atoms in total. The molecule has 1 N–H and O–H groups in total. The number of ketones is 2. The molecule has 0 atom stereocenters. The van der Waals surface area contributed by atoms with Crippen LogP contribution < -0.4 is 5.32 Å². The van der Waals surface area contributed by atoms with Crippen LogP contribution in [0.15, 0.2) is 17.7 Å². The van der Waals surface area contributed by atoms with Gasteiger partial charge >= 0.3 is 0 Å². The van der Waals surface area contributed by atoms with Crippen molar-refractivity contribution in [3.05, 3.63) is 34.4 Å². The summed E-state index contributed by atoms with van der Waals surface area (Å²) >= 11 is 0. The Hall–Kier alpha value is -2.23. The molecule has 1 heterocycles. The number of hydrogen-bond donors (Lipinski definition) is 1. The maximum atomic E-state index is 12.5. The second kappa shape index (κ2) is 4.95. The summed E-state index contributed by atoms with van der Waals surface area (Å²) in [6.45, 7) is 3.82. The predicted octanol–water partition coefficient (Wildman–Crippen LogP) is 2.77. The Morgan fingerprint density at radius 3 is 2.52 bits per heavy atom. The molecule has 0 saturated heterocycles. The monoisotopic (exact) mass is 283 g/mol. The highest BCUT2D eigenvalue weighted by Gasteiger charge is 2.32. The standard InChI is InChI=1S/C17H17NO3/c1-9(2)12-8-10-6-7-13-11(4-3-5-14(19)18-13)15(10)17(21)16(12)20/h6-9H,3-5H2,1-2H3,(H,18,19). The summed E-state index contributed by atoms with van der Waals surface area (Å²) in [6, 6.07) is 3.64. The summed E-state index contributed by atoms with van der Waals surface area (Å²) in [5.41, 5.74) is 3.29. The van der Waals surface area contributed by atoms with E-state index in [2.05, 4.69) is 5.32 Å². The zero-order valence-corrected chi connectivity index (χ0v) is 12.2. The lowest BCUT2D eigenvalue weighted by Crippen LogP contribution is -2.25. The van der Waals surface area contributed by atoms with Crippen molar-refractivity contribution in [2.75, 3.05) is 5.32 Å². The van der Waals surface area contributed by atoms with E-state index in [1.54, 1.807) is 0 Å². The molecule has 1 aromatic carbocycles. The van der Waals surface area contributed by atoms with Gasteiger partial charge in [-0.25, -0.2) is 0 Å². The first-order valence-electron chi connectivity index (χ1n) is 7.25. The summed E-state index contributed by atoms with van der Waals surface area (Å²) in [5.74, 6) is -0.875. The molecule has 0 radical (unpaired) electrons. The van der Waals surface area contributed by atoms with E-state index in [1.807, 2.05) is 32.1 Å². The Labute approximate surface area is 123 Å². The highest BCUT2D eigenvalue weighted by molar-refractivity contribution is 6.52. The number of allylic oxidation sites excluding steroid dienone is 1. The number of carbonyl (C=O) groups is 3. The van der Waals surface area contributed by atoms with Gasteiger partial charge in [0, 0.05) is 23.2 Å². The van der Waals surface area contributed by atoms with Crippen LogP contribution in [0.3, 0.4) is 0 Å². The molecule has 1 aliphatic carbocycles. The maximum absolute atomic E-state index is 12.5. The lowest BCUT2D eigenvalue weighted by Gasteiger charge is -2.21. The van der Waals surface area contributed by atoms with E-state index in [1.165, 1.54) is 0 Å². The maximum Gasteiger partial charge on any atom is 0.234 e. The molecule has 2 aliphatic rings. The van der Waals surface area contributed by atoms with Gasteiger partial charge in [-0.05, 0) is 42.0 Å². The summed E-state index contributed by atoms with van der Waals surface area (Å²) in [6.07, 6.45) is 3.59. The Kier molecular flexibility index (Phi) is 3.24. The van der Waals surface area contributed by atoms with Crippen LogP contribution in [0.5, 0.6) is 0 Å². The first-order chi connectivity index (χ1) is 9.99. The molecular weight excluding hydrogens is 266 g/mol. The van der Waals surface area contributed by atoms with Gasteiger partial charge in [0.15, 0.2) is 0 Å². The summed E-state index contributed by atoms with van der Waals surface area (Å²) in [5, 5.41) is 2.82. The molecule has 0 spiro atoms. The third kappa shape index (κ3) is 2.20. The highest BCUT2D eigenvalue weighted by Crippen LogP contribution is 2.34. The molecule has 0 saturated carbocycles. The Bertz CT molecular complexity index is 698. The van der Waals surface area contributed by atoms with E-state index in [0.29, 0.717) is 36.1 Å². The fraction of sp³-hybridized carbons (Fsp3) is 0.353. The summed E-state index contributed by atoms with van der Waals surface area (Å²) in [4.78, 5) is 36.4. The second-order valence-electron chi connectivity index (χ2n) is 5.87.